The first kappa shape index (κ1) is 25.3. The number of H-pyrrole nitrogens is 1. The van der Waals surface area contributed by atoms with E-state index in [1.54, 1.807) is 0 Å². The number of fused-ring (bicyclic) bond motifs is 1. The van der Waals surface area contributed by atoms with E-state index >= 15 is 0 Å². The van der Waals surface area contributed by atoms with Crippen LogP contribution in [0, 0.1) is 0 Å². The molecule has 2 saturated heterocycles. The van der Waals surface area contributed by atoms with Crippen LogP contribution in [0.4, 0.5) is 0 Å². The standard InChI is InChI=1S/C22H38N2O6Si2/c1-13(2)31(14(3)4)27-12-18-20(29-32(30-31,15(5)6)16(7)8)17(9)21(28-18)24-11-10-19(25)23-22(24)26/h10-11,13-16,18,20-21H,9,12H2,1-8H3,(H,23,25,26)/t18-,20+,21?/m1/s1. The first-order valence-electron chi connectivity index (χ1n) is 11.5. The maximum atomic E-state index is 12.4. The monoisotopic (exact) mass is 482 g/mol. The molecule has 3 heterocycles. The number of nitrogens with one attached hydrogen (secondary N) is 1. The molecule has 1 unspecified atom stereocenters. The summed E-state index contributed by atoms with van der Waals surface area (Å²) < 4.78 is 28.5. The van der Waals surface area contributed by atoms with Crippen LogP contribution in [0.2, 0.25) is 22.2 Å². The van der Waals surface area contributed by atoms with E-state index in [2.05, 4.69) is 67.0 Å². The molecule has 0 spiro atoms. The van der Waals surface area contributed by atoms with Crippen molar-refractivity contribution in [3.05, 3.63) is 45.3 Å². The minimum Gasteiger partial charge on any atom is -0.414 e. The third-order valence-electron chi connectivity index (χ3n) is 6.75. The summed E-state index contributed by atoms with van der Waals surface area (Å²) in [5.74, 6) is 0. The number of hydrogen-bond acceptors (Lipinski definition) is 6. The summed E-state index contributed by atoms with van der Waals surface area (Å²) in [7, 11) is -5.48. The Kier molecular flexibility index (Phi) is 7.24. The van der Waals surface area contributed by atoms with Crippen molar-refractivity contribution in [2.75, 3.05) is 6.61 Å². The molecule has 3 rings (SSSR count). The zero-order chi connectivity index (χ0) is 24.0. The smallest absolute Gasteiger partial charge is 0.335 e. The Balaban J connectivity index is 2.09. The second kappa shape index (κ2) is 9.15. The molecule has 0 saturated carbocycles. The number of hydrogen-bond donors (Lipinski definition) is 1. The zero-order valence-electron chi connectivity index (χ0n) is 20.5. The van der Waals surface area contributed by atoms with Gasteiger partial charge in [-0.3, -0.25) is 14.3 Å². The lowest BCUT2D eigenvalue weighted by Gasteiger charge is -2.51. The second-order valence-corrected chi connectivity index (χ2v) is 19.0. The molecule has 0 bridgehead atoms. The first-order chi connectivity index (χ1) is 14.9. The molecule has 3 atom stereocenters. The highest BCUT2D eigenvalue weighted by atomic mass is 28.5. The molecule has 1 aromatic heterocycles. The predicted molar refractivity (Wildman–Crippen MR) is 128 cm³/mol. The first-order valence-corrected chi connectivity index (χ1v) is 15.5. The number of nitrogens with zero attached hydrogens (tertiary/aromatic N) is 1. The third-order valence-corrected chi connectivity index (χ3v) is 17.0. The van der Waals surface area contributed by atoms with E-state index in [9.17, 15) is 9.59 Å². The van der Waals surface area contributed by atoms with Crippen LogP contribution in [0.1, 0.15) is 61.6 Å². The third kappa shape index (κ3) is 4.16. The van der Waals surface area contributed by atoms with Crippen LogP contribution < -0.4 is 11.2 Å². The summed E-state index contributed by atoms with van der Waals surface area (Å²) in [6, 6.07) is 1.30. The fourth-order valence-electron chi connectivity index (χ4n) is 4.96. The fraction of sp³-hybridized carbons (Fsp3) is 0.727. The molecule has 32 heavy (non-hydrogen) atoms. The summed E-state index contributed by atoms with van der Waals surface area (Å²) in [4.78, 5) is 26.3. The van der Waals surface area contributed by atoms with Gasteiger partial charge in [-0.2, -0.15) is 0 Å². The maximum Gasteiger partial charge on any atom is 0.335 e. The summed E-state index contributed by atoms with van der Waals surface area (Å²) >= 11 is 0. The molecular formula is C22H38N2O6Si2. The van der Waals surface area contributed by atoms with Gasteiger partial charge >= 0.3 is 22.8 Å². The average molecular weight is 483 g/mol. The van der Waals surface area contributed by atoms with Crippen molar-refractivity contribution in [1.29, 1.82) is 0 Å². The average Bonchev–Trinajstić information content (AvgIpc) is 2.96. The lowest BCUT2D eigenvalue weighted by molar-refractivity contribution is -0.0561. The Bertz CT molecular complexity index is 938. The summed E-state index contributed by atoms with van der Waals surface area (Å²) in [6.07, 6.45) is -0.175. The number of aromatic amines is 1. The highest BCUT2D eigenvalue weighted by molar-refractivity contribution is 6.84. The van der Waals surface area contributed by atoms with E-state index in [0.29, 0.717) is 12.2 Å². The number of aromatic nitrogens is 2. The molecule has 0 aliphatic carbocycles. The van der Waals surface area contributed by atoms with E-state index in [1.807, 2.05) is 0 Å². The van der Waals surface area contributed by atoms with Gasteiger partial charge in [-0.25, -0.2) is 4.79 Å². The van der Waals surface area contributed by atoms with Gasteiger partial charge < -0.3 is 17.7 Å². The molecule has 10 heteroatoms. The lowest BCUT2D eigenvalue weighted by Crippen LogP contribution is -2.65. The van der Waals surface area contributed by atoms with Crippen molar-refractivity contribution in [3.8, 4) is 0 Å². The van der Waals surface area contributed by atoms with Gasteiger partial charge in [-0.05, 0) is 22.2 Å². The normalized spacial score (nSPS) is 27.8. The molecule has 2 aliphatic heterocycles. The van der Waals surface area contributed by atoms with E-state index in [4.69, 9.17) is 17.7 Å². The van der Waals surface area contributed by atoms with Gasteiger partial charge in [0.05, 0.1) is 6.61 Å². The topological polar surface area (TPSA) is 91.8 Å². The van der Waals surface area contributed by atoms with Gasteiger partial charge in [0, 0.05) is 17.8 Å². The summed E-state index contributed by atoms with van der Waals surface area (Å²) in [6.45, 7) is 21.9. The molecular weight excluding hydrogens is 444 g/mol. The van der Waals surface area contributed by atoms with Crippen molar-refractivity contribution in [1.82, 2.24) is 9.55 Å². The van der Waals surface area contributed by atoms with Gasteiger partial charge in [0.2, 0.25) is 0 Å². The number of rotatable bonds is 5. The molecule has 2 fully saturated rings. The van der Waals surface area contributed by atoms with Gasteiger partial charge in [0.25, 0.3) is 5.56 Å². The largest absolute Gasteiger partial charge is 0.414 e. The highest BCUT2D eigenvalue weighted by Crippen LogP contribution is 2.48. The van der Waals surface area contributed by atoms with Crippen molar-refractivity contribution in [3.63, 3.8) is 0 Å². The van der Waals surface area contributed by atoms with Crippen LogP contribution in [0.3, 0.4) is 0 Å². The van der Waals surface area contributed by atoms with Gasteiger partial charge in [-0.15, -0.1) is 0 Å². The van der Waals surface area contributed by atoms with Crippen LogP contribution in [0.15, 0.2) is 34.0 Å². The summed E-state index contributed by atoms with van der Waals surface area (Å²) in [5, 5.41) is 0. The van der Waals surface area contributed by atoms with Gasteiger partial charge in [0.15, 0.2) is 6.23 Å². The quantitative estimate of drug-likeness (QED) is 0.505. The Morgan fingerprint density at radius 1 is 1.00 bits per heavy atom. The van der Waals surface area contributed by atoms with Crippen LogP contribution in [0.25, 0.3) is 0 Å². The number of ether oxygens (including phenoxy) is 1. The molecule has 8 nitrogen and oxygen atoms in total. The van der Waals surface area contributed by atoms with Crippen LogP contribution in [-0.2, 0) is 17.7 Å². The van der Waals surface area contributed by atoms with Crippen LogP contribution >= 0.6 is 0 Å². The maximum absolute atomic E-state index is 12.4. The van der Waals surface area contributed by atoms with Gasteiger partial charge in [0.1, 0.15) is 12.2 Å². The van der Waals surface area contributed by atoms with Crippen molar-refractivity contribution in [2.45, 2.75) is 96.0 Å². The SMILES string of the molecule is C=C1C(n2ccc(=O)[nH]c2=O)O[C@@H]2CO[Si](C(C)C)(C(C)C)O[Si](C(C)C)(C(C)C)O[C@@H]12. The summed E-state index contributed by atoms with van der Waals surface area (Å²) in [5.41, 5.74) is 0.457. The molecule has 180 valence electrons. The molecule has 0 radical (unpaired) electrons. The molecule has 0 aromatic carbocycles. The van der Waals surface area contributed by atoms with Crippen molar-refractivity contribution in [2.24, 2.45) is 0 Å². The van der Waals surface area contributed by atoms with E-state index < -0.39 is 46.8 Å². The van der Waals surface area contributed by atoms with E-state index in [-0.39, 0.29) is 22.2 Å². The van der Waals surface area contributed by atoms with Gasteiger partial charge in [-0.1, -0.05) is 62.0 Å². The zero-order valence-corrected chi connectivity index (χ0v) is 22.5. The Morgan fingerprint density at radius 2 is 1.56 bits per heavy atom. The molecule has 2 aliphatic rings. The van der Waals surface area contributed by atoms with Crippen molar-refractivity contribution < 1.29 is 17.7 Å². The van der Waals surface area contributed by atoms with Crippen molar-refractivity contribution >= 4 is 17.1 Å². The van der Waals surface area contributed by atoms with Crippen LogP contribution in [0.5, 0.6) is 0 Å². The predicted octanol–water partition coefficient (Wildman–Crippen LogP) is 3.95. The lowest BCUT2D eigenvalue weighted by atomic mass is 10.1. The Labute approximate surface area is 192 Å². The fourth-order valence-corrected chi connectivity index (χ4v) is 16.2. The molecule has 1 aromatic rings. The highest BCUT2D eigenvalue weighted by Gasteiger charge is 2.60. The Morgan fingerprint density at radius 3 is 2.06 bits per heavy atom. The molecule has 0 amide bonds. The molecule has 1 N–H and O–H groups in total. The van der Waals surface area contributed by atoms with Crippen LogP contribution in [-0.4, -0.2) is 45.5 Å². The van der Waals surface area contributed by atoms with E-state index in [0.717, 1.165) is 0 Å². The minimum atomic E-state index is -2.81. The second-order valence-electron chi connectivity index (χ2n) is 10.1. The van der Waals surface area contributed by atoms with E-state index in [1.165, 1.54) is 16.8 Å². The Hall–Kier alpha value is -1.31. The minimum absolute atomic E-state index is 0.178.